The normalized spacial score (nSPS) is 17.7. The van der Waals surface area contributed by atoms with Crippen LogP contribution in [-0.4, -0.2) is 19.6 Å². The van der Waals surface area contributed by atoms with Crippen molar-refractivity contribution in [1.29, 1.82) is 0 Å². The van der Waals surface area contributed by atoms with E-state index in [1.54, 1.807) is 0 Å². The third kappa shape index (κ3) is 4.12. The monoisotopic (exact) mass is 466 g/mol. The highest BCUT2D eigenvalue weighted by molar-refractivity contribution is 7.80. The Morgan fingerprint density at radius 2 is 1.65 bits per heavy atom. The number of thiocarbonyl (C=S) groups is 1. The molecule has 1 aliphatic rings. The van der Waals surface area contributed by atoms with E-state index in [1.807, 2.05) is 18.3 Å². The summed E-state index contributed by atoms with van der Waals surface area (Å²) in [6.07, 6.45) is 2.90. The highest BCUT2D eigenvalue weighted by Crippen LogP contribution is 2.42. The van der Waals surface area contributed by atoms with Gasteiger partial charge in [0.05, 0.1) is 17.8 Å². The fourth-order valence-corrected chi connectivity index (χ4v) is 5.36. The molecule has 2 atom stereocenters. The molecule has 4 nitrogen and oxygen atoms in total. The third-order valence-electron chi connectivity index (χ3n) is 6.79. The number of nitrogens with zero attached hydrogens (tertiary/aromatic N) is 3. The maximum Gasteiger partial charge on any atom is 0.170 e. The molecule has 2 aromatic heterocycles. The van der Waals surface area contributed by atoms with Crippen LogP contribution in [0.15, 0.2) is 85.1 Å². The van der Waals surface area contributed by atoms with Crippen molar-refractivity contribution in [2.24, 2.45) is 0 Å². The number of nitrogens with one attached hydrogen (secondary N) is 1. The molecule has 34 heavy (non-hydrogen) atoms. The maximum absolute atomic E-state index is 5.88. The first-order chi connectivity index (χ1) is 16.6. The average molecular weight is 467 g/mol. The van der Waals surface area contributed by atoms with E-state index < -0.39 is 0 Å². The zero-order valence-corrected chi connectivity index (χ0v) is 20.7. The maximum atomic E-state index is 5.88. The minimum absolute atomic E-state index is 0.0196. The van der Waals surface area contributed by atoms with Crippen LogP contribution >= 0.6 is 12.2 Å². The second kappa shape index (κ2) is 9.43. The van der Waals surface area contributed by atoms with Crippen LogP contribution in [0.4, 0.5) is 0 Å². The van der Waals surface area contributed by atoms with E-state index in [9.17, 15) is 0 Å². The van der Waals surface area contributed by atoms with Gasteiger partial charge in [-0.3, -0.25) is 4.98 Å². The van der Waals surface area contributed by atoms with Crippen LogP contribution in [-0.2, 0) is 13.0 Å². The molecule has 5 rings (SSSR count). The molecule has 4 aromatic rings. The number of rotatable bonds is 6. The highest BCUT2D eigenvalue weighted by Gasteiger charge is 2.41. The summed E-state index contributed by atoms with van der Waals surface area (Å²) in [4.78, 5) is 7.01. The van der Waals surface area contributed by atoms with Gasteiger partial charge in [0, 0.05) is 29.8 Å². The van der Waals surface area contributed by atoms with Crippen molar-refractivity contribution in [3.63, 3.8) is 0 Å². The van der Waals surface area contributed by atoms with Gasteiger partial charge in [0.15, 0.2) is 5.11 Å². The minimum atomic E-state index is -0.0196. The molecular formula is C29H30N4S. The van der Waals surface area contributed by atoms with Gasteiger partial charge in [-0.15, -0.1) is 0 Å². The second-order valence-electron chi connectivity index (χ2n) is 8.92. The molecule has 2 aromatic carbocycles. The molecular weight excluding hydrogens is 436 g/mol. The van der Waals surface area contributed by atoms with Crippen molar-refractivity contribution in [3.8, 4) is 5.69 Å². The lowest BCUT2D eigenvalue weighted by Gasteiger charge is -2.28. The number of pyridine rings is 1. The van der Waals surface area contributed by atoms with E-state index >= 15 is 0 Å². The SMILES string of the molecule is CCc1ccc(-n2c(C)cc([C@H]3[C@@H](c4ccccn4)NC(=S)N3Cc3ccccc3)c2C)cc1. The van der Waals surface area contributed by atoms with Crippen LogP contribution in [0, 0.1) is 13.8 Å². The van der Waals surface area contributed by atoms with Crippen molar-refractivity contribution < 1.29 is 0 Å². The van der Waals surface area contributed by atoms with Gasteiger partial charge in [0.1, 0.15) is 0 Å². The van der Waals surface area contributed by atoms with E-state index in [1.165, 1.54) is 33.8 Å². The Morgan fingerprint density at radius 1 is 0.912 bits per heavy atom. The number of hydrogen-bond donors (Lipinski definition) is 1. The lowest BCUT2D eigenvalue weighted by Crippen LogP contribution is -2.29. The van der Waals surface area contributed by atoms with E-state index in [4.69, 9.17) is 17.2 Å². The Kier molecular flexibility index (Phi) is 6.20. The van der Waals surface area contributed by atoms with Crippen molar-refractivity contribution >= 4 is 17.3 Å². The molecule has 0 amide bonds. The summed E-state index contributed by atoms with van der Waals surface area (Å²) in [5, 5.41) is 4.35. The Bertz CT molecular complexity index is 1280. The van der Waals surface area contributed by atoms with Crippen molar-refractivity contribution in [2.45, 2.75) is 45.8 Å². The fourth-order valence-electron chi connectivity index (χ4n) is 5.06. The van der Waals surface area contributed by atoms with Crippen molar-refractivity contribution in [1.82, 2.24) is 19.8 Å². The van der Waals surface area contributed by atoms with Crippen LogP contribution in [0.25, 0.3) is 5.69 Å². The topological polar surface area (TPSA) is 33.1 Å². The molecule has 0 aliphatic carbocycles. The van der Waals surface area contributed by atoms with Gasteiger partial charge in [-0.1, -0.05) is 55.5 Å². The van der Waals surface area contributed by atoms with E-state index in [0.29, 0.717) is 0 Å². The van der Waals surface area contributed by atoms with Gasteiger partial charge in [0.2, 0.25) is 0 Å². The van der Waals surface area contributed by atoms with Crippen molar-refractivity contribution in [3.05, 3.63) is 119 Å². The fraction of sp³-hybridized carbons (Fsp3) is 0.241. The summed E-state index contributed by atoms with van der Waals surface area (Å²) in [6, 6.07) is 27.8. The predicted octanol–water partition coefficient (Wildman–Crippen LogP) is 6.22. The molecule has 1 N–H and O–H groups in total. The van der Waals surface area contributed by atoms with Gasteiger partial charge in [-0.25, -0.2) is 0 Å². The molecule has 5 heteroatoms. The summed E-state index contributed by atoms with van der Waals surface area (Å²) in [5.74, 6) is 0. The summed E-state index contributed by atoms with van der Waals surface area (Å²) in [5.41, 5.74) is 8.50. The molecule has 1 fully saturated rings. The number of benzene rings is 2. The van der Waals surface area contributed by atoms with Crippen LogP contribution in [0.2, 0.25) is 0 Å². The molecule has 0 unspecified atom stereocenters. The zero-order chi connectivity index (χ0) is 23.7. The van der Waals surface area contributed by atoms with E-state index in [-0.39, 0.29) is 12.1 Å². The summed E-state index contributed by atoms with van der Waals surface area (Å²) >= 11 is 5.88. The number of aromatic nitrogens is 2. The first kappa shape index (κ1) is 22.4. The lowest BCUT2D eigenvalue weighted by molar-refractivity contribution is 0.310. The first-order valence-corrected chi connectivity index (χ1v) is 12.3. The van der Waals surface area contributed by atoms with Gasteiger partial charge in [0.25, 0.3) is 0 Å². The lowest BCUT2D eigenvalue weighted by atomic mass is 9.96. The van der Waals surface area contributed by atoms with Gasteiger partial charge >= 0.3 is 0 Å². The van der Waals surface area contributed by atoms with Crippen LogP contribution in [0.1, 0.15) is 52.8 Å². The van der Waals surface area contributed by atoms with Crippen LogP contribution < -0.4 is 5.32 Å². The Hall–Kier alpha value is -3.44. The molecule has 0 spiro atoms. The number of hydrogen-bond acceptors (Lipinski definition) is 2. The summed E-state index contributed by atoms with van der Waals surface area (Å²) in [7, 11) is 0. The van der Waals surface area contributed by atoms with Gasteiger partial charge < -0.3 is 14.8 Å². The summed E-state index contributed by atoms with van der Waals surface area (Å²) in [6.45, 7) is 7.33. The van der Waals surface area contributed by atoms with Crippen molar-refractivity contribution in [2.75, 3.05) is 0 Å². The molecule has 0 radical (unpaired) electrons. The third-order valence-corrected chi connectivity index (χ3v) is 7.14. The molecule has 1 aliphatic heterocycles. The Balaban J connectivity index is 1.60. The highest BCUT2D eigenvalue weighted by atomic mass is 32.1. The van der Waals surface area contributed by atoms with Gasteiger partial charge in [-0.2, -0.15) is 0 Å². The Morgan fingerprint density at radius 3 is 2.32 bits per heavy atom. The summed E-state index contributed by atoms with van der Waals surface area (Å²) < 4.78 is 2.35. The molecule has 0 saturated carbocycles. The molecule has 0 bridgehead atoms. The van der Waals surface area contributed by atoms with Gasteiger partial charge in [-0.05, 0) is 79.5 Å². The standard InChI is InChI=1S/C29H30N4S/c1-4-22-13-15-24(16-14-22)33-20(2)18-25(21(33)3)28-27(26-12-8-9-17-30-26)31-29(34)32(28)19-23-10-6-5-7-11-23/h5-18,27-28H,4,19H2,1-3H3,(H,31,34)/t27-,28+/m1/s1. The predicted molar refractivity (Wildman–Crippen MR) is 142 cm³/mol. The second-order valence-corrected chi connectivity index (χ2v) is 9.31. The van der Waals surface area contributed by atoms with Crippen LogP contribution in [0.3, 0.4) is 0 Å². The van der Waals surface area contributed by atoms with E-state index in [0.717, 1.165) is 23.8 Å². The smallest absolute Gasteiger partial charge is 0.170 e. The van der Waals surface area contributed by atoms with Crippen LogP contribution in [0.5, 0.6) is 0 Å². The molecule has 1 saturated heterocycles. The van der Waals surface area contributed by atoms with E-state index in [2.05, 4.69) is 102 Å². The average Bonchev–Trinajstić information content (AvgIpc) is 3.35. The molecule has 3 heterocycles. The number of aryl methyl sites for hydroxylation is 2. The largest absolute Gasteiger partial charge is 0.352 e. The molecule has 172 valence electrons. The zero-order valence-electron chi connectivity index (χ0n) is 19.9. The first-order valence-electron chi connectivity index (χ1n) is 11.9. The Labute approximate surface area is 207 Å². The quantitative estimate of drug-likeness (QED) is 0.342. The minimum Gasteiger partial charge on any atom is -0.352 e.